The fourth-order valence-corrected chi connectivity index (χ4v) is 2.25. The largest absolute Gasteiger partial charge is 0.466 e. The first-order valence-corrected chi connectivity index (χ1v) is 7.76. The number of hydrogen-bond donors (Lipinski definition) is 0. The van der Waals surface area contributed by atoms with E-state index >= 15 is 0 Å². The molecule has 6 nitrogen and oxygen atoms in total. The van der Waals surface area contributed by atoms with E-state index < -0.39 is 18.2 Å². The Kier molecular flexibility index (Phi) is 8.82. The summed E-state index contributed by atoms with van der Waals surface area (Å²) in [6.45, 7) is 3.47. The lowest BCUT2D eigenvalue weighted by Crippen LogP contribution is -2.43. The van der Waals surface area contributed by atoms with Gasteiger partial charge in [-0.25, -0.2) is 9.59 Å². The van der Waals surface area contributed by atoms with Crippen molar-refractivity contribution in [3.05, 3.63) is 0 Å². The van der Waals surface area contributed by atoms with Gasteiger partial charge in [0.2, 0.25) is 0 Å². The summed E-state index contributed by atoms with van der Waals surface area (Å²) in [6, 6.07) is 0. The van der Waals surface area contributed by atoms with Gasteiger partial charge in [-0.1, -0.05) is 38.5 Å². The molecule has 2 fully saturated rings. The second kappa shape index (κ2) is 10.4. The molecule has 1 unspecified atom stereocenters. The molecule has 0 aromatic rings. The first kappa shape index (κ1) is 17.8. The van der Waals surface area contributed by atoms with Gasteiger partial charge in [-0.3, -0.25) is 0 Å². The van der Waals surface area contributed by atoms with Crippen LogP contribution in [0.1, 0.15) is 45.4 Å². The molecular formula is C15H27NO5. The van der Waals surface area contributed by atoms with Gasteiger partial charge < -0.3 is 19.1 Å². The predicted molar refractivity (Wildman–Crippen MR) is 78.1 cm³/mol. The smallest absolute Gasteiger partial charge is 0.410 e. The Morgan fingerprint density at radius 1 is 1.00 bits per heavy atom. The molecule has 1 atom stereocenters. The molecule has 1 saturated heterocycles. The summed E-state index contributed by atoms with van der Waals surface area (Å²) in [7, 11) is 1.25. The zero-order chi connectivity index (χ0) is 15.5. The third-order valence-corrected chi connectivity index (χ3v) is 3.58. The van der Waals surface area contributed by atoms with Crippen LogP contribution in [0.2, 0.25) is 0 Å². The van der Waals surface area contributed by atoms with Crippen molar-refractivity contribution >= 4 is 12.1 Å². The van der Waals surface area contributed by atoms with E-state index in [1.165, 1.54) is 57.5 Å². The van der Waals surface area contributed by atoms with E-state index in [0.29, 0.717) is 26.3 Å². The molecule has 1 aliphatic heterocycles. The van der Waals surface area contributed by atoms with E-state index in [2.05, 4.69) is 4.74 Å². The number of morpholine rings is 1. The van der Waals surface area contributed by atoms with Crippen molar-refractivity contribution in [2.75, 3.05) is 33.4 Å². The number of nitrogens with zero attached hydrogens (tertiary/aromatic N) is 1. The van der Waals surface area contributed by atoms with Gasteiger partial charge in [0.1, 0.15) is 0 Å². The Morgan fingerprint density at radius 2 is 1.48 bits per heavy atom. The van der Waals surface area contributed by atoms with Crippen molar-refractivity contribution < 1.29 is 23.8 Å². The van der Waals surface area contributed by atoms with Crippen LogP contribution in [0.5, 0.6) is 0 Å². The minimum atomic E-state index is -0.870. The molecule has 0 N–H and O–H groups in total. The summed E-state index contributed by atoms with van der Waals surface area (Å²) in [5.41, 5.74) is 0. The van der Waals surface area contributed by atoms with Crippen molar-refractivity contribution in [3.8, 4) is 0 Å². The van der Waals surface area contributed by atoms with Gasteiger partial charge in [0.05, 0.1) is 20.3 Å². The standard InChI is InChI=1S/C9H15NO5.C6H12/c1-7(8(11)13-2)15-9(12)10-3-5-14-6-4-10;1-2-4-6-5-3-1/h7H,3-6H2,1-2H3;1-6H2. The maximum atomic E-state index is 11.5. The van der Waals surface area contributed by atoms with Gasteiger partial charge in [-0.05, 0) is 6.92 Å². The molecule has 2 aliphatic rings. The summed E-state index contributed by atoms with van der Waals surface area (Å²) in [5, 5.41) is 0. The molecule has 0 aromatic heterocycles. The Balaban J connectivity index is 0.000000304. The van der Waals surface area contributed by atoms with E-state index in [1.54, 1.807) is 0 Å². The zero-order valence-corrected chi connectivity index (χ0v) is 13.1. The van der Waals surface area contributed by atoms with Gasteiger partial charge in [0.25, 0.3) is 0 Å². The Morgan fingerprint density at radius 3 is 1.90 bits per heavy atom. The zero-order valence-electron chi connectivity index (χ0n) is 13.1. The van der Waals surface area contributed by atoms with Crippen molar-refractivity contribution in [1.82, 2.24) is 4.90 Å². The topological polar surface area (TPSA) is 65.1 Å². The van der Waals surface area contributed by atoms with Crippen molar-refractivity contribution in [1.29, 1.82) is 0 Å². The lowest BCUT2D eigenvalue weighted by Gasteiger charge is -2.26. The Bertz CT molecular complexity index is 300. The molecule has 0 radical (unpaired) electrons. The number of rotatable bonds is 2. The number of carbonyl (C=O) groups excluding carboxylic acids is 2. The number of carbonyl (C=O) groups is 2. The van der Waals surface area contributed by atoms with Gasteiger partial charge in [-0.2, -0.15) is 0 Å². The van der Waals surface area contributed by atoms with Gasteiger partial charge in [-0.15, -0.1) is 0 Å². The Hall–Kier alpha value is -1.30. The number of ether oxygens (including phenoxy) is 3. The molecule has 1 amide bonds. The Labute approximate surface area is 126 Å². The molecular weight excluding hydrogens is 274 g/mol. The van der Waals surface area contributed by atoms with E-state index in [-0.39, 0.29) is 0 Å². The normalized spacial score (nSPS) is 19.8. The van der Waals surface area contributed by atoms with Gasteiger partial charge >= 0.3 is 12.1 Å². The SMILES string of the molecule is C1CCCCC1.COC(=O)C(C)OC(=O)N1CCOCC1. The van der Waals surface area contributed by atoms with Crippen LogP contribution in [0.25, 0.3) is 0 Å². The highest BCUT2D eigenvalue weighted by Gasteiger charge is 2.23. The molecule has 1 heterocycles. The lowest BCUT2D eigenvalue weighted by atomic mass is 10.0. The molecule has 2 rings (SSSR count). The molecule has 6 heteroatoms. The fourth-order valence-electron chi connectivity index (χ4n) is 2.25. The van der Waals surface area contributed by atoms with Gasteiger partial charge in [0, 0.05) is 13.1 Å². The number of methoxy groups -OCH3 is 1. The van der Waals surface area contributed by atoms with E-state index in [4.69, 9.17) is 9.47 Å². The van der Waals surface area contributed by atoms with E-state index in [0.717, 1.165) is 0 Å². The van der Waals surface area contributed by atoms with Crippen LogP contribution in [-0.2, 0) is 19.0 Å². The predicted octanol–water partition coefficient (Wildman–Crippen LogP) is 2.36. The second-order valence-corrected chi connectivity index (χ2v) is 5.27. The summed E-state index contributed by atoms with van der Waals surface area (Å²) in [4.78, 5) is 24.0. The van der Waals surface area contributed by atoms with Crippen LogP contribution in [0, 0.1) is 0 Å². The highest BCUT2D eigenvalue weighted by Crippen LogP contribution is 2.15. The van der Waals surface area contributed by atoms with E-state index in [1.807, 2.05) is 0 Å². The van der Waals surface area contributed by atoms with Crippen LogP contribution in [0.3, 0.4) is 0 Å². The molecule has 1 saturated carbocycles. The van der Waals surface area contributed by atoms with E-state index in [9.17, 15) is 9.59 Å². The summed E-state index contributed by atoms with van der Waals surface area (Å²) in [5.74, 6) is -0.559. The maximum absolute atomic E-state index is 11.5. The third kappa shape index (κ3) is 7.32. The van der Waals surface area contributed by atoms with Crippen LogP contribution < -0.4 is 0 Å². The van der Waals surface area contributed by atoms with Crippen molar-refractivity contribution in [3.63, 3.8) is 0 Å². The second-order valence-electron chi connectivity index (χ2n) is 5.27. The summed E-state index contributed by atoms with van der Waals surface area (Å²) >= 11 is 0. The molecule has 0 bridgehead atoms. The van der Waals surface area contributed by atoms with Crippen LogP contribution >= 0.6 is 0 Å². The minimum Gasteiger partial charge on any atom is -0.466 e. The summed E-state index contributed by atoms with van der Waals surface area (Å²) in [6.07, 6.45) is 7.63. The monoisotopic (exact) mass is 301 g/mol. The molecule has 21 heavy (non-hydrogen) atoms. The number of hydrogen-bond acceptors (Lipinski definition) is 5. The molecule has 0 aromatic carbocycles. The van der Waals surface area contributed by atoms with Crippen LogP contribution in [0.4, 0.5) is 4.79 Å². The summed E-state index contributed by atoms with van der Waals surface area (Å²) < 4.78 is 14.4. The average Bonchev–Trinajstić information content (AvgIpc) is 2.57. The third-order valence-electron chi connectivity index (χ3n) is 3.58. The number of esters is 1. The highest BCUT2D eigenvalue weighted by molar-refractivity contribution is 5.78. The van der Waals surface area contributed by atoms with Crippen molar-refractivity contribution in [2.45, 2.75) is 51.6 Å². The molecule has 1 aliphatic carbocycles. The molecule has 122 valence electrons. The number of amides is 1. The molecule has 0 spiro atoms. The highest BCUT2D eigenvalue weighted by atomic mass is 16.6. The van der Waals surface area contributed by atoms with Gasteiger partial charge in [0.15, 0.2) is 6.10 Å². The van der Waals surface area contributed by atoms with Crippen molar-refractivity contribution in [2.24, 2.45) is 0 Å². The lowest BCUT2D eigenvalue weighted by molar-refractivity contribution is -0.150. The first-order valence-electron chi connectivity index (χ1n) is 7.76. The van der Waals surface area contributed by atoms with Crippen LogP contribution in [-0.4, -0.2) is 56.5 Å². The van der Waals surface area contributed by atoms with Crippen LogP contribution in [0.15, 0.2) is 0 Å². The average molecular weight is 301 g/mol. The quantitative estimate of drug-likeness (QED) is 0.733. The maximum Gasteiger partial charge on any atom is 0.410 e. The fraction of sp³-hybridized carbons (Fsp3) is 0.867. The first-order chi connectivity index (χ1) is 10.1. The minimum absolute atomic E-state index is 0.493.